The van der Waals surface area contributed by atoms with E-state index in [1.54, 1.807) is 6.08 Å². The van der Waals surface area contributed by atoms with Gasteiger partial charge in [-0.1, -0.05) is 48.5 Å². The number of fused-ring (bicyclic) bond motifs is 1. The van der Waals surface area contributed by atoms with Crippen LogP contribution in [0.1, 0.15) is 40.9 Å². The highest BCUT2D eigenvalue weighted by molar-refractivity contribution is 6.09. The normalized spacial score (nSPS) is 17.7. The van der Waals surface area contributed by atoms with Crippen molar-refractivity contribution in [1.29, 1.82) is 0 Å². The summed E-state index contributed by atoms with van der Waals surface area (Å²) in [6, 6.07) is 16.0. The molecular formula is C20H21NO. The van der Waals surface area contributed by atoms with E-state index in [0.717, 1.165) is 28.8 Å². The fourth-order valence-corrected chi connectivity index (χ4v) is 3.06. The zero-order valence-electron chi connectivity index (χ0n) is 13.3. The summed E-state index contributed by atoms with van der Waals surface area (Å²) in [5.74, 6) is 0.0492. The van der Waals surface area contributed by atoms with Gasteiger partial charge >= 0.3 is 0 Å². The van der Waals surface area contributed by atoms with Gasteiger partial charge in [-0.25, -0.2) is 0 Å². The molecule has 0 saturated carbocycles. The summed E-state index contributed by atoms with van der Waals surface area (Å²) in [7, 11) is 0. The Morgan fingerprint density at radius 3 is 2.55 bits per heavy atom. The molecule has 3 rings (SSSR count). The summed E-state index contributed by atoms with van der Waals surface area (Å²) in [6.45, 7) is 6.29. The van der Waals surface area contributed by atoms with E-state index in [4.69, 9.17) is 0 Å². The second-order valence-electron chi connectivity index (χ2n) is 6.58. The zero-order valence-corrected chi connectivity index (χ0v) is 13.3. The van der Waals surface area contributed by atoms with E-state index in [2.05, 4.69) is 37.4 Å². The molecule has 0 fully saturated rings. The highest BCUT2D eigenvalue weighted by Crippen LogP contribution is 2.29. The summed E-state index contributed by atoms with van der Waals surface area (Å²) in [5, 5.41) is 3.51. The van der Waals surface area contributed by atoms with Crippen LogP contribution in [0.15, 0.2) is 54.6 Å². The molecule has 0 amide bonds. The number of hydrogen-bond donors (Lipinski definition) is 1. The molecule has 2 aromatic rings. The van der Waals surface area contributed by atoms with Gasteiger partial charge < -0.3 is 5.32 Å². The third-order valence-electron chi connectivity index (χ3n) is 4.10. The molecule has 2 aromatic carbocycles. The Bertz CT molecular complexity index is 756. The van der Waals surface area contributed by atoms with Crippen LogP contribution in [0.2, 0.25) is 0 Å². The fourth-order valence-electron chi connectivity index (χ4n) is 3.06. The Balaban J connectivity index is 2.04. The first-order chi connectivity index (χ1) is 10.5. The molecule has 0 bridgehead atoms. The van der Waals surface area contributed by atoms with Crippen LogP contribution >= 0.6 is 0 Å². The van der Waals surface area contributed by atoms with Crippen LogP contribution in [-0.2, 0) is 6.42 Å². The molecule has 2 nitrogen and oxygen atoms in total. The van der Waals surface area contributed by atoms with Gasteiger partial charge in [0.05, 0.1) is 0 Å². The second-order valence-corrected chi connectivity index (χ2v) is 6.58. The Kier molecular flexibility index (Phi) is 3.61. The summed E-state index contributed by atoms with van der Waals surface area (Å²) in [4.78, 5) is 12.6. The molecule has 0 unspecified atom stereocenters. The van der Waals surface area contributed by atoms with Crippen LogP contribution < -0.4 is 5.32 Å². The third kappa shape index (κ3) is 2.82. The molecule has 112 valence electrons. The summed E-state index contributed by atoms with van der Waals surface area (Å²) in [6.07, 6.45) is 2.70. The third-order valence-corrected chi connectivity index (χ3v) is 4.10. The van der Waals surface area contributed by atoms with Crippen LogP contribution in [0.4, 0.5) is 0 Å². The summed E-state index contributed by atoms with van der Waals surface area (Å²) < 4.78 is 0. The van der Waals surface area contributed by atoms with Crippen molar-refractivity contribution in [3.05, 3.63) is 76.9 Å². The van der Waals surface area contributed by atoms with Gasteiger partial charge in [-0.05, 0) is 38.3 Å². The Morgan fingerprint density at radius 2 is 1.77 bits per heavy atom. The largest absolute Gasteiger partial charge is 0.379 e. The smallest absolute Gasteiger partial charge is 0.188 e. The van der Waals surface area contributed by atoms with Crippen molar-refractivity contribution in [1.82, 2.24) is 5.32 Å². The Labute approximate surface area is 131 Å². The van der Waals surface area contributed by atoms with Gasteiger partial charge in [0, 0.05) is 28.4 Å². The van der Waals surface area contributed by atoms with Gasteiger partial charge in [0.15, 0.2) is 5.78 Å². The molecule has 0 atom stereocenters. The van der Waals surface area contributed by atoms with Gasteiger partial charge in [0.25, 0.3) is 0 Å². The average Bonchev–Trinajstić information content (AvgIpc) is 2.46. The first kappa shape index (κ1) is 14.6. The number of nitrogens with one attached hydrogen (secondary N) is 1. The standard InChI is InChI=1S/C20H21NO/c1-14-8-4-6-10-16(14)19(22)12-18-17-11-7-5-9-15(17)13-20(2,3)21-18/h4-12,21H,13H2,1-3H3/b18-12-. The minimum absolute atomic E-state index is 0.0492. The molecule has 0 spiro atoms. The van der Waals surface area contributed by atoms with Crippen LogP contribution in [0.5, 0.6) is 0 Å². The minimum Gasteiger partial charge on any atom is -0.379 e. The number of ketones is 1. The van der Waals surface area contributed by atoms with E-state index >= 15 is 0 Å². The summed E-state index contributed by atoms with van der Waals surface area (Å²) >= 11 is 0. The number of allylic oxidation sites excluding steroid dienone is 1. The van der Waals surface area contributed by atoms with Gasteiger partial charge in [0.2, 0.25) is 0 Å². The number of rotatable bonds is 2. The van der Waals surface area contributed by atoms with E-state index in [-0.39, 0.29) is 11.3 Å². The molecular weight excluding hydrogens is 270 g/mol. The lowest BCUT2D eigenvalue weighted by atomic mass is 9.85. The number of carbonyl (C=O) groups is 1. The van der Waals surface area contributed by atoms with Crippen molar-refractivity contribution in [3.8, 4) is 0 Å². The van der Waals surface area contributed by atoms with Gasteiger partial charge in [-0.3, -0.25) is 4.79 Å². The van der Waals surface area contributed by atoms with Crippen LogP contribution in [0.25, 0.3) is 5.70 Å². The molecule has 1 aliphatic heterocycles. The molecule has 1 heterocycles. The second kappa shape index (κ2) is 5.45. The summed E-state index contributed by atoms with van der Waals surface area (Å²) in [5.41, 5.74) is 5.05. The van der Waals surface area contributed by atoms with Crippen molar-refractivity contribution in [2.24, 2.45) is 0 Å². The molecule has 1 aliphatic rings. The lowest BCUT2D eigenvalue weighted by molar-refractivity contribution is 0.104. The predicted octanol–water partition coefficient (Wildman–Crippen LogP) is 4.14. The fraction of sp³-hybridized carbons (Fsp3) is 0.250. The van der Waals surface area contributed by atoms with Crippen molar-refractivity contribution >= 4 is 11.5 Å². The number of hydrogen-bond acceptors (Lipinski definition) is 2. The van der Waals surface area contributed by atoms with Gasteiger partial charge in [-0.15, -0.1) is 0 Å². The number of benzene rings is 2. The lowest BCUT2D eigenvalue weighted by Gasteiger charge is -2.35. The lowest BCUT2D eigenvalue weighted by Crippen LogP contribution is -2.43. The monoisotopic (exact) mass is 291 g/mol. The van der Waals surface area contributed by atoms with Crippen LogP contribution in [0, 0.1) is 6.92 Å². The molecule has 0 saturated heterocycles. The highest BCUT2D eigenvalue weighted by Gasteiger charge is 2.27. The van der Waals surface area contributed by atoms with Crippen molar-refractivity contribution in [3.63, 3.8) is 0 Å². The zero-order chi connectivity index (χ0) is 15.7. The van der Waals surface area contributed by atoms with Crippen LogP contribution in [-0.4, -0.2) is 11.3 Å². The molecule has 0 aliphatic carbocycles. The van der Waals surface area contributed by atoms with E-state index in [1.807, 2.05) is 37.3 Å². The molecule has 0 aromatic heterocycles. The average molecular weight is 291 g/mol. The SMILES string of the molecule is Cc1ccccc1C(=O)/C=C1\NC(C)(C)Cc2ccccc21. The maximum atomic E-state index is 12.6. The van der Waals surface area contributed by atoms with Crippen LogP contribution in [0.3, 0.4) is 0 Å². The molecule has 22 heavy (non-hydrogen) atoms. The van der Waals surface area contributed by atoms with E-state index in [9.17, 15) is 4.79 Å². The maximum absolute atomic E-state index is 12.6. The molecule has 2 heteroatoms. The molecule has 0 radical (unpaired) electrons. The van der Waals surface area contributed by atoms with Gasteiger partial charge in [0.1, 0.15) is 0 Å². The van der Waals surface area contributed by atoms with Crippen molar-refractivity contribution in [2.45, 2.75) is 32.7 Å². The Hall–Kier alpha value is -2.35. The van der Waals surface area contributed by atoms with E-state index in [1.165, 1.54) is 5.56 Å². The first-order valence-electron chi connectivity index (χ1n) is 7.64. The number of aryl methyl sites for hydroxylation is 1. The minimum atomic E-state index is -0.0494. The quantitative estimate of drug-likeness (QED) is 0.665. The maximum Gasteiger partial charge on any atom is 0.188 e. The predicted molar refractivity (Wildman–Crippen MR) is 90.8 cm³/mol. The molecule has 1 N–H and O–H groups in total. The van der Waals surface area contributed by atoms with E-state index in [0.29, 0.717) is 0 Å². The number of carbonyl (C=O) groups excluding carboxylic acids is 1. The topological polar surface area (TPSA) is 29.1 Å². The Morgan fingerprint density at radius 1 is 1.09 bits per heavy atom. The highest BCUT2D eigenvalue weighted by atomic mass is 16.1. The van der Waals surface area contributed by atoms with Gasteiger partial charge in [-0.2, -0.15) is 0 Å². The van der Waals surface area contributed by atoms with Crippen molar-refractivity contribution in [2.75, 3.05) is 0 Å². The van der Waals surface area contributed by atoms with E-state index < -0.39 is 0 Å². The van der Waals surface area contributed by atoms with Crippen molar-refractivity contribution < 1.29 is 4.79 Å². The first-order valence-corrected chi connectivity index (χ1v) is 7.64.